The van der Waals surface area contributed by atoms with Gasteiger partial charge >= 0.3 is 0 Å². The summed E-state index contributed by atoms with van der Waals surface area (Å²) in [5.41, 5.74) is 0.992. The van der Waals surface area contributed by atoms with Crippen LogP contribution in [-0.4, -0.2) is 59.1 Å². The van der Waals surface area contributed by atoms with E-state index in [1.165, 1.54) is 0 Å². The normalized spacial score (nSPS) is 15.7. The fourth-order valence-electron chi connectivity index (χ4n) is 3.37. The molecule has 28 heavy (non-hydrogen) atoms. The molecule has 0 bridgehead atoms. The summed E-state index contributed by atoms with van der Waals surface area (Å²) in [5.74, 6) is 2.68. The topological polar surface area (TPSA) is 49.4 Å². The van der Waals surface area contributed by atoms with Crippen molar-refractivity contribution in [1.29, 1.82) is 0 Å². The van der Waals surface area contributed by atoms with E-state index in [-0.39, 0.29) is 6.10 Å². The van der Waals surface area contributed by atoms with Crippen LogP contribution in [0.5, 0.6) is 23.0 Å². The van der Waals surface area contributed by atoms with Crippen molar-refractivity contribution in [2.24, 2.45) is 0 Å². The van der Waals surface area contributed by atoms with Crippen LogP contribution in [0, 0.1) is 0 Å². The van der Waals surface area contributed by atoms with Gasteiger partial charge in [-0.05, 0) is 29.8 Å². The summed E-state index contributed by atoms with van der Waals surface area (Å²) < 4.78 is 28.3. The minimum Gasteiger partial charge on any atom is -0.493 e. The monoisotopic (exact) mass is 387 g/mol. The van der Waals surface area contributed by atoms with Gasteiger partial charge in [-0.25, -0.2) is 0 Å². The maximum absolute atomic E-state index is 6.35. The molecule has 2 aromatic rings. The summed E-state index contributed by atoms with van der Waals surface area (Å²) in [7, 11) is 4.86. The molecule has 0 spiro atoms. The highest BCUT2D eigenvalue weighted by molar-refractivity contribution is 5.54. The van der Waals surface area contributed by atoms with Crippen molar-refractivity contribution in [3.63, 3.8) is 0 Å². The first-order chi connectivity index (χ1) is 13.7. The van der Waals surface area contributed by atoms with E-state index >= 15 is 0 Å². The quantitative estimate of drug-likeness (QED) is 0.656. The summed E-state index contributed by atoms with van der Waals surface area (Å²) in [4.78, 5) is 2.41. The first-order valence-corrected chi connectivity index (χ1v) is 9.57. The minimum atomic E-state index is -0.140. The van der Waals surface area contributed by atoms with Gasteiger partial charge in [0.15, 0.2) is 11.5 Å². The second-order valence-electron chi connectivity index (χ2n) is 6.62. The van der Waals surface area contributed by atoms with Gasteiger partial charge in [-0.1, -0.05) is 18.2 Å². The van der Waals surface area contributed by atoms with Gasteiger partial charge in [-0.3, -0.25) is 4.90 Å². The molecule has 1 aliphatic rings. The van der Waals surface area contributed by atoms with Crippen molar-refractivity contribution < 1.29 is 23.7 Å². The van der Waals surface area contributed by atoms with Gasteiger partial charge in [-0.15, -0.1) is 0 Å². The number of para-hydroxylation sites is 1. The number of methoxy groups -OCH3 is 3. The molecule has 0 radical (unpaired) electrons. The van der Waals surface area contributed by atoms with Gasteiger partial charge in [0.2, 0.25) is 5.75 Å². The van der Waals surface area contributed by atoms with Crippen molar-refractivity contribution in [3.8, 4) is 23.0 Å². The summed E-state index contributed by atoms with van der Waals surface area (Å²) in [5, 5.41) is 0. The Morgan fingerprint density at radius 3 is 2.14 bits per heavy atom. The Hall–Kier alpha value is -2.44. The van der Waals surface area contributed by atoms with E-state index in [0.29, 0.717) is 17.2 Å². The average molecular weight is 387 g/mol. The van der Waals surface area contributed by atoms with Crippen molar-refractivity contribution in [3.05, 3.63) is 48.0 Å². The van der Waals surface area contributed by atoms with Crippen molar-refractivity contribution in [2.45, 2.75) is 12.5 Å². The molecule has 6 heteroatoms. The van der Waals surface area contributed by atoms with E-state index in [9.17, 15) is 0 Å². The van der Waals surface area contributed by atoms with Gasteiger partial charge in [0.05, 0.1) is 34.5 Å². The van der Waals surface area contributed by atoms with Crippen LogP contribution in [0.1, 0.15) is 18.1 Å². The predicted octanol–water partition coefficient (Wildman–Crippen LogP) is 3.55. The van der Waals surface area contributed by atoms with Crippen molar-refractivity contribution >= 4 is 0 Å². The third-order valence-corrected chi connectivity index (χ3v) is 4.89. The lowest BCUT2D eigenvalue weighted by Crippen LogP contribution is -2.37. The second-order valence-corrected chi connectivity index (χ2v) is 6.62. The van der Waals surface area contributed by atoms with Crippen molar-refractivity contribution in [1.82, 2.24) is 4.90 Å². The summed E-state index contributed by atoms with van der Waals surface area (Å²) in [6, 6.07) is 13.8. The highest BCUT2D eigenvalue weighted by Gasteiger charge is 2.22. The predicted molar refractivity (Wildman–Crippen MR) is 108 cm³/mol. The number of benzene rings is 2. The Morgan fingerprint density at radius 1 is 0.929 bits per heavy atom. The zero-order valence-electron chi connectivity index (χ0n) is 16.8. The van der Waals surface area contributed by atoms with Crippen LogP contribution in [0.15, 0.2) is 42.5 Å². The van der Waals surface area contributed by atoms with Crippen LogP contribution >= 0.6 is 0 Å². The molecule has 1 saturated heterocycles. The standard InChI is InChI=1S/C22H29NO5/c1-24-20-15-17(16-21(25-2)22(20)26-3)19(28-18-7-5-4-6-8-18)9-10-23-11-13-27-14-12-23/h4-8,15-16,19H,9-14H2,1-3H3. The fraction of sp³-hybridized carbons (Fsp3) is 0.455. The molecule has 1 aliphatic heterocycles. The first kappa shape index (κ1) is 20.3. The molecule has 0 aromatic heterocycles. The van der Waals surface area contributed by atoms with Gasteiger partial charge in [0, 0.05) is 26.1 Å². The van der Waals surface area contributed by atoms with Crippen LogP contribution < -0.4 is 18.9 Å². The van der Waals surface area contributed by atoms with Crippen LogP contribution in [0.2, 0.25) is 0 Å². The second kappa shape index (κ2) is 10.2. The largest absolute Gasteiger partial charge is 0.493 e. The summed E-state index contributed by atoms with van der Waals surface area (Å²) in [6.45, 7) is 4.40. The molecule has 3 rings (SSSR count). The van der Waals surface area contributed by atoms with E-state index in [1.54, 1.807) is 21.3 Å². The number of morpholine rings is 1. The molecule has 1 heterocycles. The maximum Gasteiger partial charge on any atom is 0.203 e. The first-order valence-electron chi connectivity index (χ1n) is 9.57. The lowest BCUT2D eigenvalue weighted by molar-refractivity contribution is 0.0317. The Kier molecular flexibility index (Phi) is 7.39. The highest BCUT2D eigenvalue weighted by Crippen LogP contribution is 2.41. The van der Waals surface area contributed by atoms with E-state index < -0.39 is 0 Å². The van der Waals surface area contributed by atoms with Crippen LogP contribution in [0.3, 0.4) is 0 Å². The minimum absolute atomic E-state index is 0.140. The molecule has 2 aromatic carbocycles. The molecular weight excluding hydrogens is 358 g/mol. The zero-order chi connectivity index (χ0) is 19.8. The lowest BCUT2D eigenvalue weighted by Gasteiger charge is -2.29. The molecule has 1 unspecified atom stereocenters. The number of hydrogen-bond donors (Lipinski definition) is 0. The van der Waals surface area contributed by atoms with Crippen molar-refractivity contribution in [2.75, 3.05) is 54.2 Å². The molecule has 1 atom stereocenters. The Morgan fingerprint density at radius 2 is 1.57 bits per heavy atom. The van der Waals surface area contributed by atoms with Gasteiger partial charge < -0.3 is 23.7 Å². The Labute approximate surface area is 166 Å². The molecule has 0 amide bonds. The molecule has 0 aliphatic carbocycles. The van der Waals surface area contributed by atoms with Crippen LogP contribution in [0.4, 0.5) is 0 Å². The Bertz CT molecular complexity index is 706. The lowest BCUT2D eigenvalue weighted by atomic mass is 10.0. The van der Waals surface area contributed by atoms with E-state index in [1.807, 2.05) is 42.5 Å². The third-order valence-electron chi connectivity index (χ3n) is 4.89. The molecule has 1 fully saturated rings. The van der Waals surface area contributed by atoms with Gasteiger partial charge in [0.25, 0.3) is 0 Å². The maximum atomic E-state index is 6.35. The van der Waals surface area contributed by atoms with E-state index in [0.717, 1.165) is 50.6 Å². The molecule has 6 nitrogen and oxygen atoms in total. The number of hydrogen-bond acceptors (Lipinski definition) is 6. The zero-order valence-corrected chi connectivity index (χ0v) is 16.8. The highest BCUT2D eigenvalue weighted by atomic mass is 16.5. The van der Waals surface area contributed by atoms with Crippen LogP contribution in [-0.2, 0) is 4.74 Å². The van der Waals surface area contributed by atoms with Crippen LogP contribution in [0.25, 0.3) is 0 Å². The number of rotatable bonds is 9. The Balaban J connectivity index is 1.86. The number of ether oxygens (including phenoxy) is 5. The average Bonchev–Trinajstić information content (AvgIpc) is 2.76. The molecule has 0 N–H and O–H groups in total. The summed E-state index contributed by atoms with van der Waals surface area (Å²) >= 11 is 0. The van der Waals surface area contributed by atoms with E-state index in [2.05, 4.69) is 4.90 Å². The number of nitrogens with zero attached hydrogens (tertiary/aromatic N) is 1. The van der Waals surface area contributed by atoms with Gasteiger partial charge in [0.1, 0.15) is 11.9 Å². The molecule has 0 saturated carbocycles. The summed E-state index contributed by atoms with van der Waals surface area (Å²) in [6.07, 6.45) is 0.701. The fourth-order valence-corrected chi connectivity index (χ4v) is 3.37. The molecule has 152 valence electrons. The smallest absolute Gasteiger partial charge is 0.203 e. The molecular formula is C22H29NO5. The van der Waals surface area contributed by atoms with E-state index in [4.69, 9.17) is 23.7 Å². The SMILES string of the molecule is COc1cc(C(CCN2CCOCC2)Oc2ccccc2)cc(OC)c1OC. The van der Waals surface area contributed by atoms with Gasteiger partial charge in [-0.2, -0.15) is 0 Å². The third kappa shape index (κ3) is 5.09.